The molecule has 0 fully saturated rings. The van der Waals surface area contributed by atoms with Crippen molar-refractivity contribution >= 4 is 60.1 Å². The monoisotopic (exact) mass is 638 g/mol. The highest BCUT2D eigenvalue weighted by molar-refractivity contribution is 6.38. The number of fused-ring (bicyclic) bond motifs is 1. The maximum absolute atomic E-state index is 14.8. The number of aromatic hydroxyl groups is 1. The molecule has 1 aliphatic rings. The number of methoxy groups -OCH3 is 4. The van der Waals surface area contributed by atoms with Crippen molar-refractivity contribution in [2.45, 2.75) is 59.8 Å². The van der Waals surface area contributed by atoms with Crippen LogP contribution in [0.4, 0.5) is 5.69 Å². The summed E-state index contributed by atoms with van der Waals surface area (Å²) in [7, 11) is 6.18. The van der Waals surface area contributed by atoms with E-state index in [0.29, 0.717) is 80.0 Å². The van der Waals surface area contributed by atoms with Crippen LogP contribution in [0.3, 0.4) is 0 Å². The van der Waals surface area contributed by atoms with Gasteiger partial charge in [-0.15, -0.1) is 0 Å². The Hall–Kier alpha value is -4.79. The van der Waals surface area contributed by atoms with Crippen LogP contribution >= 0.6 is 0 Å². The second kappa shape index (κ2) is 12.4. The number of unbranched alkanes of at least 4 members (excludes halogenated alkanes) is 2. The fraction of sp³-hybridized carbons (Fsp3) is 0.395. The predicted molar refractivity (Wildman–Crippen MR) is 189 cm³/mol. The first-order valence-corrected chi connectivity index (χ1v) is 16.3. The molecule has 0 aliphatic heterocycles. The van der Waals surface area contributed by atoms with Crippen LogP contribution in [0.1, 0.15) is 69.3 Å². The van der Waals surface area contributed by atoms with Crippen LogP contribution in [0.15, 0.2) is 21.9 Å². The maximum atomic E-state index is 14.8. The molecule has 0 spiro atoms. The largest absolute Gasteiger partial charge is 0.503 e. The predicted octanol–water partition coefficient (Wildman–Crippen LogP) is 6.40. The number of carbonyl (C=O) groups is 1. The van der Waals surface area contributed by atoms with E-state index in [4.69, 9.17) is 23.9 Å². The second-order valence-electron chi connectivity index (χ2n) is 12.2. The highest BCUT2D eigenvalue weighted by Gasteiger charge is 2.33. The summed E-state index contributed by atoms with van der Waals surface area (Å²) in [6.07, 6.45) is 4.03. The lowest BCUT2D eigenvalue weighted by Crippen LogP contribution is -2.28. The summed E-state index contributed by atoms with van der Waals surface area (Å²) in [6, 6.07) is 3.78. The van der Waals surface area contributed by atoms with E-state index in [1.54, 1.807) is 21.3 Å². The molecule has 0 saturated heterocycles. The highest BCUT2D eigenvalue weighted by Crippen LogP contribution is 2.53. The quantitative estimate of drug-likeness (QED) is 0.0699. The van der Waals surface area contributed by atoms with Gasteiger partial charge in [0, 0.05) is 57.0 Å². The van der Waals surface area contributed by atoms with E-state index in [1.165, 1.54) is 14.0 Å². The number of nitrogens with zero attached hydrogens (tertiary/aromatic N) is 1. The molecule has 0 bridgehead atoms. The number of hydrogen-bond donors (Lipinski definition) is 2. The van der Waals surface area contributed by atoms with Crippen LogP contribution in [-0.4, -0.2) is 52.4 Å². The van der Waals surface area contributed by atoms with Gasteiger partial charge in [-0.05, 0) is 49.8 Å². The van der Waals surface area contributed by atoms with Gasteiger partial charge in [-0.2, -0.15) is 0 Å². The van der Waals surface area contributed by atoms with E-state index in [-0.39, 0.29) is 22.8 Å². The number of nitrogens with one attached hydrogen (secondary N) is 1. The fourth-order valence-electron chi connectivity index (χ4n) is 7.45. The van der Waals surface area contributed by atoms with Crippen LogP contribution < -0.4 is 40.3 Å². The molecule has 6 rings (SSSR count). The molecule has 9 heteroatoms. The summed E-state index contributed by atoms with van der Waals surface area (Å²) < 4.78 is 23.8. The fourth-order valence-corrected chi connectivity index (χ4v) is 7.45. The Balaban J connectivity index is 2.13. The zero-order valence-electron chi connectivity index (χ0n) is 28.4. The van der Waals surface area contributed by atoms with Crippen molar-refractivity contribution in [1.29, 1.82) is 0 Å². The number of carbonyl (C=O) groups excluding carboxylic acids is 1. The minimum absolute atomic E-state index is 0.0113. The number of Topliss-reactive ketones (excluding diaryl/α,β-unsaturated/α-hetero) is 1. The van der Waals surface area contributed by atoms with Crippen molar-refractivity contribution in [2.75, 3.05) is 46.8 Å². The Morgan fingerprint density at radius 3 is 2.15 bits per heavy atom. The molecule has 0 aromatic heterocycles. The smallest absolute Gasteiger partial charge is 0.229 e. The van der Waals surface area contributed by atoms with Gasteiger partial charge >= 0.3 is 0 Å². The molecule has 0 radical (unpaired) electrons. The van der Waals surface area contributed by atoms with Crippen molar-refractivity contribution in [3.05, 3.63) is 44.1 Å². The highest BCUT2D eigenvalue weighted by atomic mass is 16.5. The molecule has 5 aromatic carbocycles. The van der Waals surface area contributed by atoms with Crippen LogP contribution in [0.2, 0.25) is 0 Å². The van der Waals surface area contributed by atoms with Gasteiger partial charge in [-0.1, -0.05) is 32.3 Å². The molecule has 9 nitrogen and oxygen atoms in total. The third kappa shape index (κ3) is 4.61. The van der Waals surface area contributed by atoms with E-state index in [2.05, 4.69) is 19.2 Å². The average molecular weight is 639 g/mol. The van der Waals surface area contributed by atoms with Crippen molar-refractivity contribution in [3.63, 3.8) is 0 Å². The topological polar surface area (TPSA) is 116 Å². The minimum Gasteiger partial charge on any atom is -0.503 e. The van der Waals surface area contributed by atoms with E-state index in [9.17, 15) is 14.7 Å². The van der Waals surface area contributed by atoms with E-state index in [1.807, 2.05) is 19.1 Å². The molecule has 0 saturated carbocycles. The Morgan fingerprint density at radius 2 is 1.53 bits per heavy atom. The van der Waals surface area contributed by atoms with Crippen molar-refractivity contribution in [2.24, 2.45) is 4.99 Å². The van der Waals surface area contributed by atoms with Gasteiger partial charge in [0.05, 0.1) is 50.4 Å². The lowest BCUT2D eigenvalue weighted by atomic mass is 9.81. The average Bonchev–Trinajstić information content (AvgIpc) is 3.15. The SMILES string of the molecule is CCCCN=c1cc(OC)c2c(OC)cc3c(NCCCC)c(O)c(OC)c4c5c6c(c(C(C)=O)c(OC)c(=O)c6c1c2c35)=C(C)C4. The summed E-state index contributed by atoms with van der Waals surface area (Å²) >= 11 is 0. The lowest BCUT2D eigenvalue weighted by molar-refractivity contribution is 0.101. The molecule has 5 aromatic rings. The Labute approximate surface area is 273 Å². The minimum atomic E-state index is -0.395. The van der Waals surface area contributed by atoms with E-state index < -0.39 is 5.43 Å². The summed E-state index contributed by atoms with van der Waals surface area (Å²) in [5.74, 6) is 1.10. The molecular weight excluding hydrogens is 596 g/mol. The Morgan fingerprint density at radius 1 is 0.851 bits per heavy atom. The third-order valence-corrected chi connectivity index (χ3v) is 9.46. The number of hydrogen-bond acceptors (Lipinski definition) is 9. The van der Waals surface area contributed by atoms with Crippen LogP contribution in [0, 0.1) is 0 Å². The molecule has 0 heterocycles. The Kier molecular flexibility index (Phi) is 8.51. The number of ether oxygens (including phenoxy) is 4. The third-order valence-electron chi connectivity index (χ3n) is 9.46. The first-order valence-electron chi connectivity index (χ1n) is 16.3. The summed E-state index contributed by atoms with van der Waals surface area (Å²) in [5.41, 5.74) is 1.96. The van der Waals surface area contributed by atoms with Gasteiger partial charge in [0.2, 0.25) is 5.43 Å². The van der Waals surface area contributed by atoms with Crippen LogP contribution in [-0.2, 0) is 6.42 Å². The van der Waals surface area contributed by atoms with Crippen molar-refractivity contribution < 1.29 is 28.8 Å². The first kappa shape index (κ1) is 32.2. The van der Waals surface area contributed by atoms with Gasteiger partial charge < -0.3 is 29.4 Å². The van der Waals surface area contributed by atoms with Crippen molar-refractivity contribution in [1.82, 2.24) is 0 Å². The standard InChI is InChI=1S/C38H42N2O7/c1-9-11-13-39-22-17-24(45-6)30-23(44-5)16-20-27-28-21(37(46-7)36(43)34(20)40-14-12-10-2)15-18(3)25-26(19(4)41)38(47-8)35(42)33(31(25)28)29(22)32(27)30/h16-17,40,43H,9-15H2,1-8H3. The number of anilines is 1. The van der Waals surface area contributed by atoms with E-state index in [0.717, 1.165) is 53.0 Å². The van der Waals surface area contributed by atoms with Crippen LogP contribution in [0.5, 0.6) is 28.7 Å². The van der Waals surface area contributed by atoms with Crippen molar-refractivity contribution in [3.8, 4) is 28.7 Å². The van der Waals surface area contributed by atoms with Gasteiger partial charge in [-0.25, -0.2) is 0 Å². The maximum Gasteiger partial charge on any atom is 0.229 e. The normalized spacial score (nSPS) is 13.0. The second-order valence-corrected chi connectivity index (χ2v) is 12.2. The molecule has 2 N–H and O–H groups in total. The van der Waals surface area contributed by atoms with Crippen LogP contribution in [0.25, 0.3) is 48.7 Å². The molecule has 1 aliphatic carbocycles. The summed E-state index contributed by atoms with van der Waals surface area (Å²) in [6.45, 7) is 8.80. The number of rotatable bonds is 12. The van der Waals surface area contributed by atoms with Gasteiger partial charge in [0.25, 0.3) is 0 Å². The van der Waals surface area contributed by atoms with Gasteiger partial charge in [-0.3, -0.25) is 14.6 Å². The van der Waals surface area contributed by atoms with E-state index >= 15 is 0 Å². The molecular formula is C38H42N2O7. The lowest BCUT2D eigenvalue weighted by Gasteiger charge is -2.23. The first-order chi connectivity index (χ1) is 22.7. The zero-order chi connectivity index (χ0) is 33.7. The molecule has 0 unspecified atom stereocenters. The molecule has 0 amide bonds. The molecule has 0 atom stereocenters. The van der Waals surface area contributed by atoms with Gasteiger partial charge in [0.1, 0.15) is 11.5 Å². The zero-order valence-corrected chi connectivity index (χ0v) is 28.4. The summed E-state index contributed by atoms with van der Waals surface area (Å²) in [4.78, 5) is 33.2. The molecule has 246 valence electrons. The number of ketones is 1. The molecule has 47 heavy (non-hydrogen) atoms. The number of benzene rings is 4. The summed E-state index contributed by atoms with van der Waals surface area (Å²) in [5, 5.41) is 22.2. The van der Waals surface area contributed by atoms with Gasteiger partial charge in [0.15, 0.2) is 23.0 Å². The Bertz CT molecular complexity index is 2290.